The van der Waals surface area contributed by atoms with Gasteiger partial charge in [-0.05, 0) is 38.0 Å². The summed E-state index contributed by atoms with van der Waals surface area (Å²) in [5.74, 6) is 0.553. The molecule has 0 spiro atoms. The SMILES string of the molecule is Cc1ccc(S(=O)n2ccc3c2ncc2nc(C4CCCCC4)cn23)cc1. The van der Waals surface area contributed by atoms with Gasteiger partial charge in [0.05, 0.1) is 22.3 Å². The summed E-state index contributed by atoms with van der Waals surface area (Å²) in [6, 6.07) is 9.77. The van der Waals surface area contributed by atoms with Crippen LogP contribution < -0.4 is 0 Å². The molecule has 1 aliphatic rings. The zero-order valence-electron chi connectivity index (χ0n) is 15.3. The Bertz CT molecular complexity index is 1140. The predicted octanol–water partition coefficient (Wildman–Crippen LogP) is 4.61. The van der Waals surface area contributed by atoms with Crippen molar-refractivity contribution in [3.63, 3.8) is 0 Å². The molecule has 1 aliphatic carbocycles. The van der Waals surface area contributed by atoms with Crippen molar-refractivity contribution in [2.45, 2.75) is 49.8 Å². The molecule has 3 aromatic heterocycles. The molecule has 4 aromatic rings. The molecule has 1 atom stereocenters. The first-order valence-corrected chi connectivity index (χ1v) is 10.7. The second-order valence-corrected chi connectivity index (χ2v) is 8.76. The molecule has 0 amide bonds. The van der Waals surface area contributed by atoms with Gasteiger partial charge in [0.2, 0.25) is 0 Å². The lowest BCUT2D eigenvalue weighted by Crippen LogP contribution is -2.05. The van der Waals surface area contributed by atoms with Crippen LogP contribution in [0.4, 0.5) is 0 Å². The molecule has 0 radical (unpaired) electrons. The highest BCUT2D eigenvalue weighted by molar-refractivity contribution is 7.83. The Hall–Kier alpha value is -2.47. The van der Waals surface area contributed by atoms with Gasteiger partial charge in [0.15, 0.2) is 22.3 Å². The molecule has 5 nitrogen and oxygen atoms in total. The Labute approximate surface area is 160 Å². The van der Waals surface area contributed by atoms with Gasteiger partial charge >= 0.3 is 0 Å². The van der Waals surface area contributed by atoms with Gasteiger partial charge in [0.1, 0.15) is 0 Å². The van der Waals surface area contributed by atoms with Gasteiger partial charge in [-0.25, -0.2) is 18.1 Å². The highest BCUT2D eigenvalue weighted by Gasteiger charge is 2.20. The van der Waals surface area contributed by atoms with E-state index in [4.69, 9.17) is 4.98 Å². The number of rotatable bonds is 3. The largest absolute Gasteiger partial charge is 0.295 e. The molecule has 0 bridgehead atoms. The zero-order chi connectivity index (χ0) is 18.4. The van der Waals surface area contributed by atoms with Gasteiger partial charge in [-0.15, -0.1) is 0 Å². The summed E-state index contributed by atoms with van der Waals surface area (Å²) in [6.07, 6.45) is 12.1. The molecule has 5 rings (SSSR count). The van der Waals surface area contributed by atoms with Crippen LogP contribution in [0.15, 0.2) is 53.8 Å². The standard InChI is InChI=1S/C21H22N4OS/c1-15-7-9-17(10-8-15)27(26)25-12-11-19-21(25)22-13-20-23-18(14-24(19)20)16-5-3-2-4-6-16/h7-14,16H,2-6H2,1H3. The smallest absolute Gasteiger partial charge is 0.169 e. The van der Waals surface area contributed by atoms with Crippen LogP contribution in [-0.4, -0.2) is 22.5 Å². The van der Waals surface area contributed by atoms with Gasteiger partial charge in [-0.1, -0.05) is 37.0 Å². The molecule has 1 unspecified atom stereocenters. The van der Waals surface area contributed by atoms with E-state index in [1.165, 1.54) is 32.1 Å². The third kappa shape index (κ3) is 2.88. The van der Waals surface area contributed by atoms with Crippen molar-refractivity contribution in [1.29, 1.82) is 0 Å². The van der Waals surface area contributed by atoms with Crippen LogP contribution in [0.2, 0.25) is 0 Å². The van der Waals surface area contributed by atoms with Crippen molar-refractivity contribution < 1.29 is 4.21 Å². The number of aromatic nitrogens is 4. The summed E-state index contributed by atoms with van der Waals surface area (Å²) < 4.78 is 16.9. The van der Waals surface area contributed by atoms with Crippen molar-refractivity contribution in [3.05, 3.63) is 60.2 Å². The maximum Gasteiger partial charge on any atom is 0.169 e. The van der Waals surface area contributed by atoms with Crippen LogP contribution >= 0.6 is 0 Å². The number of nitrogens with zero attached hydrogens (tertiary/aromatic N) is 4. The number of benzene rings is 1. The van der Waals surface area contributed by atoms with E-state index in [-0.39, 0.29) is 0 Å². The highest BCUT2D eigenvalue weighted by atomic mass is 32.2. The Morgan fingerprint density at radius 1 is 1.07 bits per heavy atom. The van der Waals surface area contributed by atoms with Gasteiger partial charge in [-0.2, -0.15) is 0 Å². The third-order valence-electron chi connectivity index (χ3n) is 5.54. The molecule has 138 valence electrons. The minimum absolute atomic E-state index is 0.553. The molecule has 0 aliphatic heterocycles. The lowest BCUT2D eigenvalue weighted by atomic mass is 9.87. The second-order valence-electron chi connectivity index (χ2n) is 7.40. The van der Waals surface area contributed by atoms with E-state index in [0.29, 0.717) is 11.6 Å². The molecule has 1 saturated carbocycles. The van der Waals surface area contributed by atoms with E-state index in [1.54, 1.807) is 10.2 Å². The van der Waals surface area contributed by atoms with Crippen LogP contribution in [0.1, 0.15) is 49.3 Å². The molecule has 1 fully saturated rings. The molecule has 27 heavy (non-hydrogen) atoms. The number of fused-ring (bicyclic) bond motifs is 3. The summed E-state index contributed by atoms with van der Waals surface area (Å²) in [6.45, 7) is 2.03. The van der Waals surface area contributed by atoms with E-state index < -0.39 is 11.0 Å². The van der Waals surface area contributed by atoms with Crippen molar-refractivity contribution in [2.24, 2.45) is 0 Å². The fourth-order valence-corrected chi connectivity index (χ4v) is 5.09. The van der Waals surface area contributed by atoms with Gasteiger partial charge in [0, 0.05) is 18.3 Å². The van der Waals surface area contributed by atoms with Crippen LogP contribution in [-0.2, 0) is 11.0 Å². The lowest BCUT2D eigenvalue weighted by Gasteiger charge is -2.19. The first kappa shape index (κ1) is 16.7. The molecule has 0 N–H and O–H groups in total. The van der Waals surface area contributed by atoms with Gasteiger partial charge in [0.25, 0.3) is 0 Å². The third-order valence-corrected chi connectivity index (χ3v) is 6.87. The van der Waals surface area contributed by atoms with Crippen LogP contribution in [0.3, 0.4) is 0 Å². The van der Waals surface area contributed by atoms with E-state index in [9.17, 15) is 4.21 Å². The Morgan fingerprint density at radius 2 is 1.85 bits per heavy atom. The first-order chi connectivity index (χ1) is 13.2. The van der Waals surface area contributed by atoms with E-state index >= 15 is 0 Å². The molecule has 0 saturated heterocycles. The van der Waals surface area contributed by atoms with Crippen LogP contribution in [0, 0.1) is 6.92 Å². The molecule has 1 aromatic carbocycles. The summed E-state index contributed by atoms with van der Waals surface area (Å²) in [5.41, 5.74) is 4.84. The average molecular weight is 379 g/mol. The first-order valence-electron chi connectivity index (χ1n) is 9.55. The molecular formula is C21H22N4OS. The maximum atomic E-state index is 13.0. The minimum Gasteiger partial charge on any atom is -0.295 e. The highest BCUT2D eigenvalue weighted by Crippen LogP contribution is 2.32. The van der Waals surface area contributed by atoms with Crippen molar-refractivity contribution in [1.82, 2.24) is 18.3 Å². The number of hydrogen-bond donors (Lipinski definition) is 0. The monoisotopic (exact) mass is 378 g/mol. The van der Waals surface area contributed by atoms with E-state index in [0.717, 1.165) is 27.3 Å². The molecule has 6 heteroatoms. The van der Waals surface area contributed by atoms with Crippen LogP contribution in [0.5, 0.6) is 0 Å². The predicted molar refractivity (Wildman–Crippen MR) is 107 cm³/mol. The van der Waals surface area contributed by atoms with E-state index in [2.05, 4.69) is 15.6 Å². The Kier molecular flexibility index (Phi) is 4.08. The number of aryl methyl sites for hydroxylation is 1. The maximum absolute atomic E-state index is 13.0. The molecule has 3 heterocycles. The van der Waals surface area contributed by atoms with Gasteiger partial charge < -0.3 is 0 Å². The summed E-state index contributed by atoms with van der Waals surface area (Å²) in [4.78, 5) is 10.2. The quantitative estimate of drug-likeness (QED) is 0.523. The Morgan fingerprint density at radius 3 is 2.63 bits per heavy atom. The fraction of sp³-hybridized carbons (Fsp3) is 0.333. The number of imidazole rings is 1. The van der Waals surface area contributed by atoms with Crippen molar-refractivity contribution in [2.75, 3.05) is 0 Å². The van der Waals surface area contributed by atoms with Crippen molar-refractivity contribution in [3.8, 4) is 0 Å². The fourth-order valence-electron chi connectivity index (χ4n) is 4.02. The minimum atomic E-state index is -1.32. The second kappa shape index (κ2) is 6.60. The van der Waals surface area contributed by atoms with E-state index in [1.807, 2.05) is 43.5 Å². The summed E-state index contributed by atoms with van der Waals surface area (Å²) in [5, 5.41) is 0. The number of hydrogen-bond acceptors (Lipinski definition) is 3. The summed E-state index contributed by atoms with van der Waals surface area (Å²) >= 11 is 0. The normalized spacial score (nSPS) is 16.9. The van der Waals surface area contributed by atoms with Gasteiger partial charge in [-0.3, -0.25) is 4.40 Å². The lowest BCUT2D eigenvalue weighted by molar-refractivity contribution is 0.438. The zero-order valence-corrected chi connectivity index (χ0v) is 16.2. The summed E-state index contributed by atoms with van der Waals surface area (Å²) in [7, 11) is -1.32. The van der Waals surface area contributed by atoms with Crippen LogP contribution in [0.25, 0.3) is 16.8 Å². The topological polar surface area (TPSA) is 52.2 Å². The molecular weight excluding hydrogens is 356 g/mol. The Balaban J connectivity index is 1.58. The average Bonchev–Trinajstić information content (AvgIpc) is 3.32. The van der Waals surface area contributed by atoms with Crippen molar-refractivity contribution >= 4 is 27.8 Å².